The van der Waals surface area contributed by atoms with Gasteiger partial charge in [0.25, 0.3) is 0 Å². The van der Waals surface area contributed by atoms with Crippen molar-refractivity contribution in [3.05, 3.63) is 70.0 Å². The van der Waals surface area contributed by atoms with Crippen LogP contribution in [0.15, 0.2) is 65.1 Å². The molecule has 0 aliphatic rings. The van der Waals surface area contributed by atoms with Crippen LogP contribution in [0.1, 0.15) is 5.01 Å². The van der Waals surface area contributed by atoms with E-state index in [9.17, 15) is 5.26 Å². The summed E-state index contributed by atoms with van der Waals surface area (Å²) in [6.07, 6.45) is 0. The van der Waals surface area contributed by atoms with Crippen molar-refractivity contribution in [2.75, 3.05) is 5.43 Å². The lowest BCUT2D eigenvalue weighted by Gasteiger charge is -2.00. The van der Waals surface area contributed by atoms with E-state index < -0.39 is 0 Å². The molecule has 0 amide bonds. The molecule has 1 N–H and O–H groups in total. The molecule has 23 heavy (non-hydrogen) atoms. The first-order valence-corrected chi connectivity index (χ1v) is 8.03. The lowest BCUT2D eigenvalue weighted by atomic mass is 10.2. The largest absolute Gasteiger partial charge is 0.277 e. The summed E-state index contributed by atoms with van der Waals surface area (Å²) >= 11 is 7.22. The van der Waals surface area contributed by atoms with Gasteiger partial charge in [-0.1, -0.05) is 41.9 Å². The van der Waals surface area contributed by atoms with Gasteiger partial charge >= 0.3 is 0 Å². The van der Waals surface area contributed by atoms with E-state index in [-0.39, 0.29) is 5.71 Å². The molecule has 4 nitrogen and oxygen atoms in total. The Balaban J connectivity index is 1.81. The highest BCUT2D eigenvalue weighted by molar-refractivity contribution is 7.12. The highest BCUT2D eigenvalue weighted by Gasteiger charge is 2.10. The molecule has 1 heterocycles. The molecule has 0 bridgehead atoms. The number of nitrogens with zero attached hydrogens (tertiary/aromatic N) is 3. The van der Waals surface area contributed by atoms with Crippen LogP contribution in [0.3, 0.4) is 0 Å². The number of rotatable bonds is 4. The van der Waals surface area contributed by atoms with Crippen LogP contribution >= 0.6 is 22.9 Å². The van der Waals surface area contributed by atoms with E-state index in [0.29, 0.717) is 10.0 Å². The Hall–Kier alpha value is -2.68. The summed E-state index contributed by atoms with van der Waals surface area (Å²) in [6.45, 7) is 0. The lowest BCUT2D eigenvalue weighted by Crippen LogP contribution is -2.01. The van der Waals surface area contributed by atoms with Gasteiger partial charge in [0.1, 0.15) is 6.07 Å². The van der Waals surface area contributed by atoms with Crippen molar-refractivity contribution in [1.82, 2.24) is 4.98 Å². The summed E-state index contributed by atoms with van der Waals surface area (Å²) in [6, 6.07) is 19.0. The van der Waals surface area contributed by atoms with E-state index in [1.165, 1.54) is 11.3 Å². The first-order chi connectivity index (χ1) is 11.3. The predicted molar refractivity (Wildman–Crippen MR) is 94.8 cm³/mol. The van der Waals surface area contributed by atoms with Gasteiger partial charge in [-0.3, -0.25) is 5.43 Å². The maximum atomic E-state index is 9.31. The van der Waals surface area contributed by atoms with Crippen LogP contribution < -0.4 is 5.43 Å². The van der Waals surface area contributed by atoms with E-state index in [1.54, 1.807) is 24.3 Å². The molecule has 0 aliphatic heterocycles. The zero-order valence-corrected chi connectivity index (χ0v) is 13.5. The van der Waals surface area contributed by atoms with Crippen molar-refractivity contribution >= 4 is 34.3 Å². The maximum Gasteiger partial charge on any atom is 0.196 e. The fourth-order valence-corrected chi connectivity index (χ4v) is 2.78. The molecule has 0 spiro atoms. The Morgan fingerprint density at radius 1 is 1.13 bits per heavy atom. The van der Waals surface area contributed by atoms with Gasteiger partial charge in [0, 0.05) is 16.0 Å². The number of anilines is 1. The van der Waals surface area contributed by atoms with Crippen molar-refractivity contribution in [1.29, 1.82) is 5.26 Å². The van der Waals surface area contributed by atoms with Gasteiger partial charge < -0.3 is 0 Å². The van der Waals surface area contributed by atoms with Crippen LogP contribution in [0.5, 0.6) is 0 Å². The minimum atomic E-state index is 0.243. The number of hydrazone groups is 1. The van der Waals surface area contributed by atoms with E-state index in [4.69, 9.17) is 11.6 Å². The second-order valence-corrected chi connectivity index (χ2v) is 5.89. The first kappa shape index (κ1) is 15.2. The highest BCUT2D eigenvalue weighted by Crippen LogP contribution is 2.22. The SMILES string of the molecule is N#C/C(=N/Nc1ccc(Cl)cc1)c1nc(-c2ccccc2)cs1. The monoisotopic (exact) mass is 338 g/mol. The summed E-state index contributed by atoms with van der Waals surface area (Å²) in [4.78, 5) is 4.48. The van der Waals surface area contributed by atoms with Gasteiger partial charge in [0.2, 0.25) is 0 Å². The van der Waals surface area contributed by atoms with Gasteiger partial charge in [-0.15, -0.1) is 11.3 Å². The van der Waals surface area contributed by atoms with Gasteiger partial charge in [0.05, 0.1) is 11.4 Å². The number of nitrogens with one attached hydrogen (secondary N) is 1. The zero-order chi connectivity index (χ0) is 16.1. The number of aromatic nitrogens is 1. The molecule has 2 aromatic carbocycles. The van der Waals surface area contributed by atoms with Crippen LogP contribution in [-0.4, -0.2) is 10.7 Å². The molecule has 112 valence electrons. The zero-order valence-electron chi connectivity index (χ0n) is 11.9. The molecule has 0 atom stereocenters. The van der Waals surface area contributed by atoms with Crippen LogP contribution in [0, 0.1) is 11.3 Å². The van der Waals surface area contributed by atoms with E-state index in [2.05, 4.69) is 21.6 Å². The normalized spacial score (nSPS) is 11.0. The van der Waals surface area contributed by atoms with Gasteiger partial charge in [-0.2, -0.15) is 10.4 Å². The highest BCUT2D eigenvalue weighted by atomic mass is 35.5. The van der Waals surface area contributed by atoms with E-state index >= 15 is 0 Å². The maximum absolute atomic E-state index is 9.31. The third-order valence-corrected chi connectivity index (χ3v) is 4.12. The van der Waals surface area contributed by atoms with Crippen LogP contribution in [0.25, 0.3) is 11.3 Å². The number of benzene rings is 2. The molecule has 0 saturated carbocycles. The topological polar surface area (TPSA) is 61.1 Å². The number of halogens is 1. The fraction of sp³-hybridized carbons (Fsp3) is 0. The lowest BCUT2D eigenvalue weighted by molar-refractivity contribution is 1.31. The van der Waals surface area contributed by atoms with Crippen LogP contribution in [-0.2, 0) is 0 Å². The number of nitriles is 1. The third kappa shape index (κ3) is 3.75. The third-order valence-electron chi connectivity index (χ3n) is 3.02. The van der Waals surface area contributed by atoms with E-state index in [0.717, 1.165) is 16.9 Å². The standard InChI is InChI=1S/C17H11ClN4S/c18-13-6-8-14(9-7-13)21-22-15(10-19)17-20-16(11-23-17)12-4-2-1-3-5-12/h1-9,11,21H/b22-15-. The van der Waals surface area contributed by atoms with Crippen molar-refractivity contribution in [2.45, 2.75) is 0 Å². The molecule has 0 aliphatic carbocycles. The summed E-state index contributed by atoms with van der Waals surface area (Å²) < 4.78 is 0. The second-order valence-electron chi connectivity index (χ2n) is 4.59. The quantitative estimate of drug-likeness (QED) is 0.549. The number of thiazole rings is 1. The molecule has 0 unspecified atom stereocenters. The Labute approximate surface area is 142 Å². The molecular formula is C17H11ClN4S. The van der Waals surface area contributed by atoms with Crippen molar-refractivity contribution < 1.29 is 0 Å². The van der Waals surface area contributed by atoms with Crippen molar-refractivity contribution in [3.63, 3.8) is 0 Å². The number of hydrogen-bond acceptors (Lipinski definition) is 5. The molecule has 0 saturated heterocycles. The van der Waals surface area contributed by atoms with Gasteiger partial charge in [0.15, 0.2) is 10.7 Å². The average molecular weight is 339 g/mol. The Morgan fingerprint density at radius 3 is 2.57 bits per heavy atom. The first-order valence-electron chi connectivity index (χ1n) is 6.77. The smallest absolute Gasteiger partial charge is 0.196 e. The van der Waals surface area contributed by atoms with Crippen molar-refractivity contribution in [2.24, 2.45) is 5.10 Å². The molecule has 6 heteroatoms. The Kier molecular flexibility index (Phi) is 4.67. The van der Waals surface area contributed by atoms with Crippen LogP contribution in [0.4, 0.5) is 5.69 Å². The van der Waals surface area contributed by atoms with Crippen LogP contribution in [0.2, 0.25) is 5.02 Å². The van der Waals surface area contributed by atoms with Gasteiger partial charge in [-0.05, 0) is 24.3 Å². The summed E-state index contributed by atoms with van der Waals surface area (Å²) in [7, 11) is 0. The minimum absolute atomic E-state index is 0.243. The van der Waals surface area contributed by atoms with E-state index in [1.807, 2.05) is 35.7 Å². The molecular weight excluding hydrogens is 328 g/mol. The Morgan fingerprint density at radius 2 is 1.87 bits per heavy atom. The predicted octanol–water partition coefficient (Wildman–Crippen LogP) is 4.80. The summed E-state index contributed by atoms with van der Waals surface area (Å²) in [5.74, 6) is 0. The van der Waals surface area contributed by atoms with Crippen molar-refractivity contribution in [3.8, 4) is 17.3 Å². The number of hydrogen-bond donors (Lipinski definition) is 1. The summed E-state index contributed by atoms with van der Waals surface area (Å²) in [5, 5.41) is 16.6. The minimum Gasteiger partial charge on any atom is -0.277 e. The molecule has 0 fully saturated rings. The molecule has 0 radical (unpaired) electrons. The molecule has 3 aromatic rings. The second kappa shape index (κ2) is 7.05. The summed E-state index contributed by atoms with van der Waals surface area (Å²) in [5.41, 5.74) is 5.68. The van der Waals surface area contributed by atoms with Gasteiger partial charge in [-0.25, -0.2) is 4.98 Å². The molecule has 3 rings (SSSR count). The average Bonchev–Trinajstić information content (AvgIpc) is 3.08. The fourth-order valence-electron chi connectivity index (χ4n) is 1.89. The Bertz CT molecular complexity index is 864. The molecule has 1 aromatic heterocycles.